The Hall–Kier alpha value is -2.62. The third-order valence-electron chi connectivity index (χ3n) is 5.34. The van der Waals surface area contributed by atoms with Crippen molar-refractivity contribution >= 4 is 27.5 Å². The molecule has 1 saturated heterocycles. The molecule has 1 N–H and O–H groups in total. The first-order valence-corrected chi connectivity index (χ1v) is 13.2. The molecule has 7 nitrogen and oxygen atoms in total. The molecular formula is C24H26N2O5S2. The van der Waals surface area contributed by atoms with Gasteiger partial charge < -0.3 is 14.5 Å². The van der Waals surface area contributed by atoms with Crippen molar-refractivity contribution in [1.29, 1.82) is 0 Å². The summed E-state index contributed by atoms with van der Waals surface area (Å²) < 4.78 is 38.1. The maximum Gasteiger partial charge on any atom is 0.230 e. The van der Waals surface area contributed by atoms with Gasteiger partial charge in [0.2, 0.25) is 31.8 Å². The number of benzene rings is 2. The van der Waals surface area contributed by atoms with E-state index in [0.717, 1.165) is 42.3 Å². The second-order valence-electron chi connectivity index (χ2n) is 8.02. The van der Waals surface area contributed by atoms with E-state index >= 15 is 0 Å². The van der Waals surface area contributed by atoms with Gasteiger partial charge >= 0.3 is 0 Å². The summed E-state index contributed by atoms with van der Waals surface area (Å²) in [6, 6.07) is 14.0. The van der Waals surface area contributed by atoms with Gasteiger partial charge in [-0.1, -0.05) is 47.2 Å². The highest BCUT2D eigenvalue weighted by molar-refractivity contribution is 8.00. The quantitative estimate of drug-likeness (QED) is 0.477. The number of aryl methyl sites for hydroxylation is 2. The number of nitrogens with one attached hydrogen (secondary N) is 1. The number of rotatable bonds is 8. The molecule has 1 aromatic heterocycles. The van der Waals surface area contributed by atoms with Gasteiger partial charge in [-0.05, 0) is 51.0 Å². The molecule has 0 spiro atoms. The van der Waals surface area contributed by atoms with Crippen LogP contribution in [0, 0.1) is 13.8 Å². The first-order valence-electron chi connectivity index (χ1n) is 10.7. The average Bonchev–Trinajstić information content (AvgIpc) is 3.47. The Labute approximate surface area is 197 Å². The van der Waals surface area contributed by atoms with Gasteiger partial charge in [0, 0.05) is 18.7 Å². The Morgan fingerprint density at radius 1 is 1.09 bits per heavy atom. The van der Waals surface area contributed by atoms with Crippen LogP contribution in [0.25, 0.3) is 11.5 Å². The van der Waals surface area contributed by atoms with E-state index in [0.29, 0.717) is 12.1 Å². The molecular weight excluding hydrogens is 460 g/mol. The molecule has 3 aromatic rings. The number of ether oxygens (including phenoxy) is 1. The number of thioether (sulfide) groups is 1. The topological polar surface area (TPSA) is 98.5 Å². The molecule has 9 heteroatoms. The largest absolute Gasteiger partial charge is 0.428 e. The zero-order valence-electron chi connectivity index (χ0n) is 18.5. The van der Waals surface area contributed by atoms with Gasteiger partial charge in [0.25, 0.3) is 0 Å². The molecule has 0 saturated carbocycles. The summed E-state index contributed by atoms with van der Waals surface area (Å²) in [5.74, 6) is -0.0171. The average molecular weight is 487 g/mol. The molecule has 1 amide bonds. The highest BCUT2D eigenvalue weighted by Crippen LogP contribution is 2.35. The molecule has 0 radical (unpaired) electrons. The van der Waals surface area contributed by atoms with E-state index in [4.69, 9.17) is 9.15 Å². The molecule has 4 rings (SSSR count). The highest BCUT2D eigenvalue weighted by atomic mass is 32.2. The number of amides is 1. The van der Waals surface area contributed by atoms with Gasteiger partial charge in [-0.2, -0.15) is 4.98 Å². The molecule has 0 unspecified atom stereocenters. The SMILES string of the molecule is Cc1ccc(-c2nc(S(=O)(=O)c3ccc(C)cc3)c(SCC(=O)NC[C@H]3CCCO3)o2)cc1. The maximum absolute atomic E-state index is 13.4. The number of hydrogen-bond acceptors (Lipinski definition) is 7. The normalized spacial score (nSPS) is 16.1. The smallest absolute Gasteiger partial charge is 0.230 e. The van der Waals surface area contributed by atoms with Crippen molar-refractivity contribution in [3.8, 4) is 11.5 Å². The highest BCUT2D eigenvalue weighted by Gasteiger charge is 2.29. The van der Waals surface area contributed by atoms with Crippen molar-refractivity contribution in [3.63, 3.8) is 0 Å². The minimum absolute atomic E-state index is 0.00562. The molecule has 2 aromatic carbocycles. The Kier molecular flexibility index (Phi) is 7.21. The molecule has 1 aliphatic rings. The summed E-state index contributed by atoms with van der Waals surface area (Å²) >= 11 is 1.02. The molecule has 0 bridgehead atoms. The van der Waals surface area contributed by atoms with Gasteiger partial charge in [0.05, 0.1) is 16.8 Å². The van der Waals surface area contributed by atoms with E-state index in [1.807, 2.05) is 38.1 Å². The molecule has 33 heavy (non-hydrogen) atoms. The monoisotopic (exact) mass is 486 g/mol. The Morgan fingerprint density at radius 2 is 1.76 bits per heavy atom. The summed E-state index contributed by atoms with van der Waals surface area (Å²) in [6.45, 7) is 5.01. The van der Waals surface area contributed by atoms with Gasteiger partial charge in [0.1, 0.15) is 0 Å². The van der Waals surface area contributed by atoms with Crippen LogP contribution < -0.4 is 5.32 Å². The van der Waals surface area contributed by atoms with Crippen LogP contribution in [0.3, 0.4) is 0 Å². The second-order valence-corrected chi connectivity index (χ2v) is 10.8. The standard InChI is InChI=1S/C24H26N2O5S2/c1-16-5-9-18(10-6-16)22-26-23(33(28,29)20-11-7-17(2)8-12-20)24(31-22)32-15-21(27)25-14-19-4-3-13-30-19/h5-12,19H,3-4,13-15H2,1-2H3,(H,25,27)/t19-/m1/s1. The van der Waals surface area contributed by atoms with Crippen molar-refractivity contribution in [2.45, 2.75) is 47.8 Å². The summed E-state index contributed by atoms with van der Waals surface area (Å²) in [5, 5.41) is 2.75. The number of aromatic nitrogens is 1. The zero-order valence-corrected chi connectivity index (χ0v) is 20.2. The van der Waals surface area contributed by atoms with Crippen molar-refractivity contribution in [1.82, 2.24) is 10.3 Å². The third-order valence-corrected chi connectivity index (χ3v) is 8.09. The van der Waals surface area contributed by atoms with Crippen LogP contribution >= 0.6 is 11.8 Å². The van der Waals surface area contributed by atoms with E-state index in [2.05, 4.69) is 10.3 Å². The van der Waals surface area contributed by atoms with Gasteiger partial charge in [-0.3, -0.25) is 4.79 Å². The lowest BCUT2D eigenvalue weighted by Crippen LogP contribution is -2.32. The van der Waals surface area contributed by atoms with Gasteiger partial charge in [0.15, 0.2) is 0 Å². The minimum atomic E-state index is -3.93. The van der Waals surface area contributed by atoms with Crippen LogP contribution in [0.2, 0.25) is 0 Å². The van der Waals surface area contributed by atoms with Gasteiger partial charge in [-0.25, -0.2) is 8.42 Å². The van der Waals surface area contributed by atoms with E-state index < -0.39 is 9.84 Å². The number of oxazole rings is 1. The predicted molar refractivity (Wildman–Crippen MR) is 126 cm³/mol. The van der Waals surface area contributed by atoms with Crippen LogP contribution in [0.5, 0.6) is 0 Å². The van der Waals surface area contributed by atoms with E-state index in [-0.39, 0.29) is 38.7 Å². The lowest BCUT2D eigenvalue weighted by Gasteiger charge is -2.10. The lowest BCUT2D eigenvalue weighted by atomic mass is 10.1. The Bertz CT molecular complexity index is 1210. The lowest BCUT2D eigenvalue weighted by molar-refractivity contribution is -0.119. The fraction of sp³-hybridized carbons (Fsp3) is 0.333. The van der Waals surface area contributed by atoms with Crippen molar-refractivity contribution < 1.29 is 22.4 Å². The maximum atomic E-state index is 13.4. The van der Waals surface area contributed by atoms with Crippen LogP contribution in [-0.4, -0.2) is 44.3 Å². The summed E-state index contributed by atoms with van der Waals surface area (Å²) in [4.78, 5) is 16.8. The molecule has 2 heterocycles. The number of carbonyl (C=O) groups is 1. The van der Waals surface area contributed by atoms with E-state index in [9.17, 15) is 13.2 Å². The van der Waals surface area contributed by atoms with Crippen molar-refractivity contribution in [3.05, 3.63) is 59.7 Å². The Morgan fingerprint density at radius 3 is 2.39 bits per heavy atom. The second kappa shape index (κ2) is 10.1. The molecule has 1 atom stereocenters. The fourth-order valence-corrected chi connectivity index (χ4v) is 5.78. The van der Waals surface area contributed by atoms with Crippen LogP contribution in [0.4, 0.5) is 0 Å². The number of hydrogen-bond donors (Lipinski definition) is 1. The fourth-order valence-electron chi connectivity index (χ4n) is 3.42. The number of sulfone groups is 1. The number of nitrogens with zero attached hydrogens (tertiary/aromatic N) is 1. The summed E-state index contributed by atoms with van der Waals surface area (Å²) in [5.41, 5.74) is 2.68. The first-order chi connectivity index (χ1) is 15.8. The molecule has 0 aliphatic carbocycles. The molecule has 174 valence electrons. The van der Waals surface area contributed by atoms with E-state index in [1.54, 1.807) is 24.3 Å². The predicted octanol–water partition coefficient (Wildman–Crippen LogP) is 4.18. The van der Waals surface area contributed by atoms with Crippen molar-refractivity contribution in [2.24, 2.45) is 0 Å². The minimum Gasteiger partial charge on any atom is -0.428 e. The van der Waals surface area contributed by atoms with Crippen molar-refractivity contribution in [2.75, 3.05) is 18.9 Å². The molecule has 1 fully saturated rings. The summed E-state index contributed by atoms with van der Waals surface area (Å²) in [6.07, 6.45) is 1.96. The third kappa shape index (κ3) is 5.66. The number of carbonyl (C=O) groups excluding carboxylic acids is 1. The van der Waals surface area contributed by atoms with Crippen LogP contribution in [0.1, 0.15) is 24.0 Å². The zero-order chi connectivity index (χ0) is 23.4. The summed E-state index contributed by atoms with van der Waals surface area (Å²) in [7, 11) is -3.93. The first kappa shape index (κ1) is 23.5. The molecule has 1 aliphatic heterocycles. The van der Waals surface area contributed by atoms with Gasteiger partial charge in [-0.15, -0.1) is 0 Å². The Balaban J connectivity index is 1.59. The van der Waals surface area contributed by atoms with Crippen LogP contribution in [-0.2, 0) is 19.4 Å². The van der Waals surface area contributed by atoms with Crippen LogP contribution in [0.15, 0.2) is 68.0 Å². The van der Waals surface area contributed by atoms with E-state index in [1.165, 1.54) is 0 Å².